The second-order valence-corrected chi connectivity index (χ2v) is 6.40. The molecule has 1 amide bonds. The molecule has 0 aliphatic carbocycles. The third kappa shape index (κ3) is 5.93. The van der Waals surface area contributed by atoms with Gasteiger partial charge in [0.25, 0.3) is 0 Å². The van der Waals surface area contributed by atoms with E-state index in [1.54, 1.807) is 7.11 Å². The Hall–Kier alpha value is -0.650. The quantitative estimate of drug-likeness (QED) is 0.656. The molecule has 2 unspecified atom stereocenters. The van der Waals surface area contributed by atoms with Gasteiger partial charge in [-0.1, -0.05) is 0 Å². The van der Waals surface area contributed by atoms with Gasteiger partial charge in [-0.05, 0) is 64.1 Å². The average molecular weight is 297 g/mol. The van der Waals surface area contributed by atoms with E-state index in [0.29, 0.717) is 5.92 Å². The Labute approximate surface area is 128 Å². The number of carbonyl (C=O) groups is 1. The first-order valence-electron chi connectivity index (χ1n) is 8.52. The molecule has 0 bridgehead atoms. The lowest BCUT2D eigenvalue weighted by atomic mass is 9.97. The van der Waals surface area contributed by atoms with Crippen molar-refractivity contribution < 1.29 is 9.53 Å². The van der Waals surface area contributed by atoms with E-state index in [0.717, 1.165) is 52.0 Å². The molecule has 5 nitrogen and oxygen atoms in total. The predicted octanol–water partition coefficient (Wildman–Crippen LogP) is 0.993. The summed E-state index contributed by atoms with van der Waals surface area (Å²) in [4.78, 5) is 14.6. The number of nitrogens with one attached hydrogen (secondary N) is 2. The third-order valence-corrected chi connectivity index (χ3v) is 4.62. The lowest BCUT2D eigenvalue weighted by molar-refractivity contribution is -0.123. The summed E-state index contributed by atoms with van der Waals surface area (Å²) < 4.78 is 5.09. The van der Waals surface area contributed by atoms with Gasteiger partial charge in [0, 0.05) is 26.8 Å². The maximum absolute atomic E-state index is 12.0. The average Bonchev–Trinajstić information content (AvgIpc) is 3.04. The van der Waals surface area contributed by atoms with Crippen LogP contribution in [0.5, 0.6) is 0 Å². The van der Waals surface area contributed by atoms with Crippen LogP contribution in [0.25, 0.3) is 0 Å². The first-order valence-corrected chi connectivity index (χ1v) is 8.52. The monoisotopic (exact) mass is 297 g/mol. The molecule has 0 radical (unpaired) electrons. The summed E-state index contributed by atoms with van der Waals surface area (Å²) in [6.45, 7) is 6.19. The summed E-state index contributed by atoms with van der Waals surface area (Å²) in [5.41, 5.74) is 0. The standard InChI is InChI=1S/C16H31N3O2/c1-21-11-3-2-9-19-10-5-6-14(13-19)12-18-16(20)15-7-4-8-17-15/h14-15,17H,2-13H2,1H3,(H,18,20). The fraction of sp³-hybridized carbons (Fsp3) is 0.938. The Morgan fingerprint density at radius 3 is 3.00 bits per heavy atom. The van der Waals surface area contributed by atoms with Crippen LogP contribution < -0.4 is 10.6 Å². The molecule has 2 rings (SSSR count). The van der Waals surface area contributed by atoms with Gasteiger partial charge in [0.1, 0.15) is 0 Å². The van der Waals surface area contributed by atoms with Gasteiger partial charge in [-0.25, -0.2) is 0 Å². The number of hydrogen-bond acceptors (Lipinski definition) is 4. The van der Waals surface area contributed by atoms with Crippen molar-refractivity contribution in [1.82, 2.24) is 15.5 Å². The highest BCUT2D eigenvalue weighted by Crippen LogP contribution is 2.16. The first kappa shape index (κ1) is 16.7. The van der Waals surface area contributed by atoms with E-state index in [-0.39, 0.29) is 11.9 Å². The van der Waals surface area contributed by atoms with Crippen LogP contribution in [0.3, 0.4) is 0 Å². The van der Waals surface area contributed by atoms with Crippen LogP contribution in [-0.4, -0.2) is 63.3 Å². The summed E-state index contributed by atoms with van der Waals surface area (Å²) in [5, 5.41) is 6.40. The van der Waals surface area contributed by atoms with Crippen LogP contribution >= 0.6 is 0 Å². The molecule has 2 heterocycles. The molecule has 0 spiro atoms. The van der Waals surface area contributed by atoms with Crippen molar-refractivity contribution >= 4 is 5.91 Å². The summed E-state index contributed by atoms with van der Waals surface area (Å²) in [6.07, 6.45) is 6.96. The summed E-state index contributed by atoms with van der Waals surface area (Å²) in [6, 6.07) is 0.0544. The number of unbranched alkanes of at least 4 members (excludes halogenated alkanes) is 1. The van der Waals surface area contributed by atoms with Crippen LogP contribution in [0.15, 0.2) is 0 Å². The lowest BCUT2D eigenvalue weighted by Gasteiger charge is -2.33. The number of hydrogen-bond donors (Lipinski definition) is 2. The molecule has 5 heteroatoms. The highest BCUT2D eigenvalue weighted by atomic mass is 16.5. The number of ether oxygens (including phenoxy) is 1. The highest BCUT2D eigenvalue weighted by Gasteiger charge is 2.24. The Morgan fingerprint density at radius 1 is 1.33 bits per heavy atom. The van der Waals surface area contributed by atoms with Gasteiger partial charge in [0.2, 0.25) is 5.91 Å². The zero-order valence-corrected chi connectivity index (χ0v) is 13.4. The molecule has 122 valence electrons. The number of rotatable bonds is 8. The van der Waals surface area contributed by atoms with Gasteiger partial charge in [0.05, 0.1) is 6.04 Å². The van der Waals surface area contributed by atoms with Crippen LogP contribution in [0.1, 0.15) is 38.5 Å². The Kier molecular flexibility index (Phi) is 7.47. The molecule has 2 N–H and O–H groups in total. The van der Waals surface area contributed by atoms with Gasteiger partial charge >= 0.3 is 0 Å². The van der Waals surface area contributed by atoms with Crippen molar-refractivity contribution in [2.24, 2.45) is 5.92 Å². The summed E-state index contributed by atoms with van der Waals surface area (Å²) in [7, 11) is 1.76. The molecule has 2 aliphatic heterocycles. The summed E-state index contributed by atoms with van der Waals surface area (Å²) in [5.74, 6) is 0.816. The van der Waals surface area contributed by atoms with E-state index in [4.69, 9.17) is 4.74 Å². The largest absolute Gasteiger partial charge is 0.385 e. The van der Waals surface area contributed by atoms with Gasteiger partial charge in [-0.2, -0.15) is 0 Å². The van der Waals surface area contributed by atoms with Gasteiger partial charge in [0.15, 0.2) is 0 Å². The summed E-state index contributed by atoms with van der Waals surface area (Å²) >= 11 is 0. The van der Waals surface area contributed by atoms with E-state index >= 15 is 0 Å². The zero-order chi connectivity index (χ0) is 14.9. The van der Waals surface area contributed by atoms with Crippen molar-refractivity contribution in [3.8, 4) is 0 Å². The highest BCUT2D eigenvalue weighted by molar-refractivity contribution is 5.81. The van der Waals surface area contributed by atoms with Gasteiger partial charge < -0.3 is 20.3 Å². The zero-order valence-electron chi connectivity index (χ0n) is 13.4. The fourth-order valence-corrected chi connectivity index (χ4v) is 3.38. The van der Waals surface area contributed by atoms with Crippen LogP contribution in [0.2, 0.25) is 0 Å². The topological polar surface area (TPSA) is 53.6 Å². The lowest BCUT2D eigenvalue weighted by Crippen LogP contribution is -2.45. The molecular formula is C16H31N3O2. The number of methoxy groups -OCH3 is 1. The predicted molar refractivity (Wildman–Crippen MR) is 84.3 cm³/mol. The SMILES string of the molecule is COCCCCN1CCCC(CNC(=O)C2CCCN2)C1. The normalized spacial score (nSPS) is 26.9. The van der Waals surface area contributed by atoms with Crippen molar-refractivity contribution in [2.75, 3.05) is 46.4 Å². The number of amides is 1. The molecule has 0 aromatic heterocycles. The minimum absolute atomic E-state index is 0.0544. The van der Waals surface area contributed by atoms with E-state index in [1.807, 2.05) is 0 Å². The van der Waals surface area contributed by atoms with Crippen LogP contribution in [-0.2, 0) is 9.53 Å². The van der Waals surface area contributed by atoms with Crippen molar-refractivity contribution in [3.05, 3.63) is 0 Å². The van der Waals surface area contributed by atoms with Crippen molar-refractivity contribution in [3.63, 3.8) is 0 Å². The molecular weight excluding hydrogens is 266 g/mol. The van der Waals surface area contributed by atoms with Crippen molar-refractivity contribution in [1.29, 1.82) is 0 Å². The second-order valence-electron chi connectivity index (χ2n) is 6.40. The van der Waals surface area contributed by atoms with E-state index < -0.39 is 0 Å². The Morgan fingerprint density at radius 2 is 2.24 bits per heavy atom. The number of carbonyl (C=O) groups excluding carboxylic acids is 1. The molecule has 0 aromatic carbocycles. The van der Waals surface area contributed by atoms with Gasteiger partial charge in [-0.15, -0.1) is 0 Å². The minimum atomic E-state index is 0.0544. The van der Waals surface area contributed by atoms with Crippen LogP contribution in [0, 0.1) is 5.92 Å². The van der Waals surface area contributed by atoms with Crippen LogP contribution in [0.4, 0.5) is 0 Å². The van der Waals surface area contributed by atoms with Gasteiger partial charge in [-0.3, -0.25) is 4.79 Å². The Bertz CT molecular complexity index is 306. The second kappa shape index (κ2) is 9.38. The molecule has 2 aliphatic rings. The molecule has 2 fully saturated rings. The smallest absolute Gasteiger partial charge is 0.237 e. The molecule has 2 saturated heterocycles. The number of likely N-dealkylation sites (tertiary alicyclic amines) is 1. The maximum Gasteiger partial charge on any atom is 0.237 e. The van der Waals surface area contributed by atoms with Crippen molar-refractivity contribution in [2.45, 2.75) is 44.6 Å². The number of piperidine rings is 1. The van der Waals surface area contributed by atoms with E-state index in [2.05, 4.69) is 15.5 Å². The Balaban J connectivity index is 1.60. The third-order valence-electron chi connectivity index (χ3n) is 4.62. The minimum Gasteiger partial charge on any atom is -0.385 e. The first-order chi connectivity index (χ1) is 10.3. The van der Waals surface area contributed by atoms with E-state index in [9.17, 15) is 4.79 Å². The van der Waals surface area contributed by atoms with E-state index in [1.165, 1.54) is 25.8 Å². The fourth-order valence-electron chi connectivity index (χ4n) is 3.38. The maximum atomic E-state index is 12.0. The molecule has 0 aromatic rings. The number of nitrogens with zero attached hydrogens (tertiary/aromatic N) is 1. The molecule has 2 atom stereocenters. The molecule has 21 heavy (non-hydrogen) atoms. The molecule has 0 saturated carbocycles.